The molecule has 0 aliphatic rings. The molecule has 0 atom stereocenters. The zero-order valence-corrected chi connectivity index (χ0v) is 20.8. The maximum absolute atomic E-state index is 12.1. The molecule has 1 N–H and O–H groups in total. The number of carbonyl (C=O) groups excluding carboxylic acids is 1. The highest BCUT2D eigenvalue weighted by molar-refractivity contribution is 5.78. The van der Waals surface area contributed by atoms with E-state index in [1.54, 1.807) is 0 Å². The molecule has 3 aromatic rings. The molecule has 1 heterocycles. The minimum Gasteiger partial charge on any atom is -0.491 e. The van der Waals surface area contributed by atoms with Crippen molar-refractivity contribution >= 4 is 16.9 Å². The molecular weight excluding hydrogens is 422 g/mol. The molecule has 0 bridgehead atoms. The van der Waals surface area contributed by atoms with Crippen LogP contribution in [0.4, 0.5) is 0 Å². The van der Waals surface area contributed by atoms with Crippen molar-refractivity contribution in [3.05, 3.63) is 72.6 Å². The van der Waals surface area contributed by atoms with Crippen LogP contribution >= 0.6 is 0 Å². The summed E-state index contributed by atoms with van der Waals surface area (Å²) in [6.45, 7) is 10.1. The minimum absolute atomic E-state index is 0.144. The number of hydrogen-bond acceptors (Lipinski definition) is 3. The molecule has 2 aromatic carbocycles. The first-order valence-electron chi connectivity index (χ1n) is 12.7. The number of para-hydroxylation sites is 3. The first-order chi connectivity index (χ1) is 16.7. The SMILES string of the molecule is C=CCc1ccccc1OCCn1c(CCCCCNC(=O)C(CC)CC)nc2ccccc21. The lowest BCUT2D eigenvalue weighted by molar-refractivity contribution is -0.125. The van der Waals surface area contributed by atoms with Crippen LogP contribution in [0.3, 0.4) is 0 Å². The highest BCUT2D eigenvalue weighted by atomic mass is 16.5. The molecule has 34 heavy (non-hydrogen) atoms. The van der Waals surface area contributed by atoms with E-state index in [-0.39, 0.29) is 11.8 Å². The number of amides is 1. The van der Waals surface area contributed by atoms with Gasteiger partial charge in [-0.3, -0.25) is 4.79 Å². The Hall–Kier alpha value is -3.08. The van der Waals surface area contributed by atoms with E-state index in [9.17, 15) is 4.79 Å². The highest BCUT2D eigenvalue weighted by Crippen LogP contribution is 2.21. The number of carbonyl (C=O) groups is 1. The number of unbranched alkanes of at least 4 members (excludes halogenated alkanes) is 2. The molecule has 0 spiro atoms. The van der Waals surface area contributed by atoms with Gasteiger partial charge >= 0.3 is 0 Å². The van der Waals surface area contributed by atoms with Gasteiger partial charge in [-0.25, -0.2) is 4.98 Å². The summed E-state index contributed by atoms with van der Waals surface area (Å²) in [7, 11) is 0. The molecule has 1 aromatic heterocycles. The third-order valence-corrected chi connectivity index (χ3v) is 6.38. The van der Waals surface area contributed by atoms with Crippen LogP contribution in [-0.2, 0) is 24.2 Å². The number of rotatable bonds is 15. The van der Waals surface area contributed by atoms with Gasteiger partial charge < -0.3 is 14.6 Å². The molecule has 0 saturated heterocycles. The fraction of sp³-hybridized carbons (Fsp3) is 0.448. The van der Waals surface area contributed by atoms with E-state index in [0.29, 0.717) is 6.61 Å². The molecule has 0 saturated carbocycles. The van der Waals surface area contributed by atoms with Crippen molar-refractivity contribution in [3.63, 3.8) is 0 Å². The summed E-state index contributed by atoms with van der Waals surface area (Å²) in [5, 5.41) is 3.09. The van der Waals surface area contributed by atoms with Gasteiger partial charge in [-0.15, -0.1) is 6.58 Å². The molecule has 0 unspecified atom stereocenters. The number of fused-ring (bicyclic) bond motifs is 1. The topological polar surface area (TPSA) is 56.1 Å². The number of imidazole rings is 1. The largest absolute Gasteiger partial charge is 0.491 e. The number of aryl methyl sites for hydroxylation is 1. The second-order valence-electron chi connectivity index (χ2n) is 8.73. The molecule has 3 rings (SSSR count). The summed E-state index contributed by atoms with van der Waals surface area (Å²) in [6, 6.07) is 16.4. The molecule has 5 heteroatoms. The average molecular weight is 462 g/mol. The zero-order chi connectivity index (χ0) is 24.2. The van der Waals surface area contributed by atoms with Crippen molar-refractivity contribution in [1.29, 1.82) is 0 Å². The Labute approximate surface area is 204 Å². The van der Waals surface area contributed by atoms with E-state index in [1.165, 1.54) is 0 Å². The molecule has 0 aliphatic heterocycles. The fourth-order valence-electron chi connectivity index (χ4n) is 4.38. The van der Waals surface area contributed by atoms with Crippen LogP contribution in [0.2, 0.25) is 0 Å². The number of nitrogens with zero attached hydrogens (tertiary/aromatic N) is 2. The van der Waals surface area contributed by atoms with E-state index in [1.807, 2.05) is 30.3 Å². The van der Waals surface area contributed by atoms with Crippen molar-refractivity contribution in [3.8, 4) is 5.75 Å². The maximum Gasteiger partial charge on any atom is 0.223 e. The number of ether oxygens (including phenoxy) is 1. The van der Waals surface area contributed by atoms with E-state index in [0.717, 1.165) is 86.2 Å². The quantitative estimate of drug-likeness (QED) is 0.219. The third-order valence-electron chi connectivity index (χ3n) is 6.38. The van der Waals surface area contributed by atoms with Gasteiger partial charge in [-0.2, -0.15) is 0 Å². The van der Waals surface area contributed by atoms with Crippen LogP contribution in [0, 0.1) is 5.92 Å². The van der Waals surface area contributed by atoms with Gasteiger partial charge in [0.15, 0.2) is 0 Å². The van der Waals surface area contributed by atoms with Crippen molar-refractivity contribution < 1.29 is 9.53 Å². The predicted molar refractivity (Wildman–Crippen MR) is 140 cm³/mol. The number of aromatic nitrogens is 2. The number of nitrogens with one attached hydrogen (secondary N) is 1. The number of allylic oxidation sites excluding steroid dienone is 1. The lowest BCUT2D eigenvalue weighted by atomic mass is 10.0. The normalized spacial score (nSPS) is 11.1. The van der Waals surface area contributed by atoms with E-state index >= 15 is 0 Å². The third kappa shape index (κ3) is 6.96. The van der Waals surface area contributed by atoms with Gasteiger partial charge in [0.25, 0.3) is 0 Å². The van der Waals surface area contributed by atoms with Crippen LogP contribution in [0.1, 0.15) is 57.3 Å². The Morgan fingerprint density at radius 2 is 1.85 bits per heavy atom. The second kappa shape index (κ2) is 13.6. The maximum atomic E-state index is 12.1. The Bertz CT molecular complexity index is 1050. The number of benzene rings is 2. The highest BCUT2D eigenvalue weighted by Gasteiger charge is 2.13. The van der Waals surface area contributed by atoms with E-state index < -0.39 is 0 Å². The molecule has 0 radical (unpaired) electrons. The Balaban J connectivity index is 1.54. The summed E-state index contributed by atoms with van der Waals surface area (Å²) < 4.78 is 8.44. The van der Waals surface area contributed by atoms with E-state index in [2.05, 4.69) is 54.6 Å². The Morgan fingerprint density at radius 1 is 1.09 bits per heavy atom. The first-order valence-corrected chi connectivity index (χ1v) is 12.7. The lowest BCUT2D eigenvalue weighted by Crippen LogP contribution is -2.30. The average Bonchev–Trinajstić information content (AvgIpc) is 3.20. The molecule has 182 valence electrons. The molecule has 0 aliphatic carbocycles. The van der Waals surface area contributed by atoms with Gasteiger partial charge in [-0.05, 0) is 55.9 Å². The standard InChI is InChI=1S/C29H39N3O2/c1-4-14-24-15-9-12-18-27(24)34-22-21-32-26-17-11-10-16-25(26)31-28(32)19-8-7-13-20-30-29(33)23(5-2)6-3/h4,9-12,15-18,23H,1,5-8,13-14,19-22H2,2-3H3,(H,30,33). The van der Waals surface area contributed by atoms with Crippen LogP contribution in [0.15, 0.2) is 61.2 Å². The van der Waals surface area contributed by atoms with Crippen molar-refractivity contribution in [1.82, 2.24) is 14.9 Å². The van der Waals surface area contributed by atoms with Gasteiger partial charge in [0.1, 0.15) is 18.2 Å². The van der Waals surface area contributed by atoms with Gasteiger partial charge in [0, 0.05) is 18.9 Å². The molecule has 0 fully saturated rings. The number of hydrogen-bond donors (Lipinski definition) is 1. The van der Waals surface area contributed by atoms with Crippen LogP contribution in [-0.4, -0.2) is 28.6 Å². The van der Waals surface area contributed by atoms with Gasteiger partial charge in [0.05, 0.1) is 17.6 Å². The Morgan fingerprint density at radius 3 is 2.65 bits per heavy atom. The molecule has 5 nitrogen and oxygen atoms in total. The van der Waals surface area contributed by atoms with E-state index in [4.69, 9.17) is 9.72 Å². The lowest BCUT2D eigenvalue weighted by Gasteiger charge is -2.13. The summed E-state index contributed by atoms with van der Waals surface area (Å²) in [6.07, 6.45) is 8.54. The fourth-order valence-corrected chi connectivity index (χ4v) is 4.38. The van der Waals surface area contributed by atoms with Crippen molar-refractivity contribution in [2.45, 2.75) is 65.3 Å². The van der Waals surface area contributed by atoms with Gasteiger partial charge in [-0.1, -0.05) is 56.7 Å². The molecule has 1 amide bonds. The van der Waals surface area contributed by atoms with Crippen LogP contribution in [0.5, 0.6) is 5.75 Å². The monoisotopic (exact) mass is 461 g/mol. The summed E-state index contributed by atoms with van der Waals surface area (Å²) >= 11 is 0. The van der Waals surface area contributed by atoms with Crippen LogP contribution in [0.25, 0.3) is 11.0 Å². The summed E-state index contributed by atoms with van der Waals surface area (Å²) in [5.41, 5.74) is 3.34. The molecular formula is C29H39N3O2. The summed E-state index contributed by atoms with van der Waals surface area (Å²) in [4.78, 5) is 17.0. The predicted octanol–water partition coefficient (Wildman–Crippen LogP) is 6.11. The zero-order valence-electron chi connectivity index (χ0n) is 20.8. The van der Waals surface area contributed by atoms with Crippen LogP contribution < -0.4 is 10.1 Å². The van der Waals surface area contributed by atoms with Gasteiger partial charge in [0.2, 0.25) is 5.91 Å². The summed E-state index contributed by atoms with van der Waals surface area (Å²) in [5.74, 6) is 2.36. The van der Waals surface area contributed by atoms with Crippen molar-refractivity contribution in [2.24, 2.45) is 5.92 Å². The van der Waals surface area contributed by atoms with Crippen molar-refractivity contribution in [2.75, 3.05) is 13.2 Å². The first kappa shape index (κ1) is 25.5. The smallest absolute Gasteiger partial charge is 0.223 e. The minimum atomic E-state index is 0.144. The Kier molecular flexibility index (Phi) is 10.2. The second-order valence-corrected chi connectivity index (χ2v) is 8.73.